The molecule has 9 heteroatoms. The van der Waals surface area contributed by atoms with Crippen molar-refractivity contribution in [1.29, 1.82) is 0 Å². The first kappa shape index (κ1) is 18.7. The van der Waals surface area contributed by atoms with Crippen LogP contribution in [0.1, 0.15) is 23.7 Å². The van der Waals surface area contributed by atoms with E-state index >= 15 is 0 Å². The van der Waals surface area contributed by atoms with Crippen LogP contribution in [0.4, 0.5) is 11.4 Å². The fraction of sp³-hybridized carbons (Fsp3) is 0.167. The molecule has 0 spiro atoms. The van der Waals surface area contributed by atoms with Crippen molar-refractivity contribution in [2.24, 2.45) is 5.14 Å². The minimum Gasteiger partial charge on any atom is -0.373 e. The van der Waals surface area contributed by atoms with Gasteiger partial charge < -0.3 is 5.32 Å². The molecule has 0 aliphatic carbocycles. The molecule has 3 rings (SSSR count). The van der Waals surface area contributed by atoms with Crippen LogP contribution in [0.2, 0.25) is 0 Å². The number of imide groups is 1. The van der Waals surface area contributed by atoms with E-state index in [1.165, 1.54) is 37.3 Å². The van der Waals surface area contributed by atoms with E-state index in [4.69, 9.17) is 5.14 Å². The van der Waals surface area contributed by atoms with Crippen molar-refractivity contribution in [2.45, 2.75) is 24.3 Å². The molecule has 1 heterocycles. The van der Waals surface area contributed by atoms with Crippen LogP contribution >= 0.6 is 0 Å². The number of hydrogen-bond donors (Lipinski definition) is 2. The first-order valence-corrected chi connectivity index (χ1v) is 9.58. The van der Waals surface area contributed by atoms with Gasteiger partial charge in [-0.2, -0.15) is 0 Å². The summed E-state index contributed by atoms with van der Waals surface area (Å²) in [6.45, 7) is 1.41. The summed E-state index contributed by atoms with van der Waals surface area (Å²) in [5.41, 5.74) is 1.22. The quantitative estimate of drug-likeness (QED) is 0.588. The fourth-order valence-corrected chi connectivity index (χ4v) is 3.34. The molecule has 3 N–H and O–H groups in total. The van der Waals surface area contributed by atoms with Gasteiger partial charge in [-0.15, -0.1) is 0 Å². The number of benzene rings is 2. The average molecular weight is 387 g/mol. The molecule has 2 aromatic rings. The summed E-state index contributed by atoms with van der Waals surface area (Å²) in [4.78, 5) is 37.5. The third kappa shape index (κ3) is 3.88. The van der Waals surface area contributed by atoms with E-state index < -0.39 is 22.0 Å². The number of amides is 2. The van der Waals surface area contributed by atoms with E-state index in [0.717, 1.165) is 4.90 Å². The number of nitrogens with two attached hydrogens (primary N) is 1. The third-order valence-corrected chi connectivity index (χ3v) is 5.11. The molecule has 0 radical (unpaired) electrons. The summed E-state index contributed by atoms with van der Waals surface area (Å²) in [6, 6.07) is 11.1. The van der Waals surface area contributed by atoms with Crippen molar-refractivity contribution in [3.8, 4) is 0 Å². The number of primary sulfonamides is 1. The van der Waals surface area contributed by atoms with E-state index in [1.807, 2.05) is 0 Å². The maximum absolute atomic E-state index is 12.7. The Morgan fingerprint density at radius 1 is 1.15 bits per heavy atom. The summed E-state index contributed by atoms with van der Waals surface area (Å²) < 4.78 is 22.6. The van der Waals surface area contributed by atoms with Gasteiger partial charge in [-0.25, -0.2) is 18.5 Å². The molecule has 1 aliphatic heterocycles. The number of ketones is 1. The number of sulfonamides is 1. The Kier molecular flexibility index (Phi) is 4.81. The standard InChI is InChI=1S/C18H17N3O5S/c1-11(22)12-3-2-4-14(9-12)21-17(23)10-16(18(21)24)20-13-5-7-15(8-6-13)27(19,25)26/h2-9,16,20H,10H2,1H3,(H2,19,25,26). The van der Waals surface area contributed by atoms with Gasteiger partial charge in [0.2, 0.25) is 15.9 Å². The zero-order chi connectivity index (χ0) is 19.8. The topological polar surface area (TPSA) is 127 Å². The molecule has 1 fully saturated rings. The minimum atomic E-state index is -3.81. The maximum Gasteiger partial charge on any atom is 0.256 e. The van der Waals surface area contributed by atoms with Crippen LogP contribution in [-0.4, -0.2) is 32.1 Å². The number of Topliss-reactive ketones (excluding diaryl/α,β-unsaturated/α-hetero) is 1. The lowest BCUT2D eigenvalue weighted by atomic mass is 10.1. The number of anilines is 2. The first-order chi connectivity index (χ1) is 12.7. The van der Waals surface area contributed by atoms with Crippen LogP contribution in [0.3, 0.4) is 0 Å². The van der Waals surface area contributed by atoms with Gasteiger partial charge in [0, 0.05) is 11.3 Å². The van der Waals surface area contributed by atoms with Crippen LogP contribution in [-0.2, 0) is 19.6 Å². The highest BCUT2D eigenvalue weighted by Crippen LogP contribution is 2.26. The van der Waals surface area contributed by atoms with E-state index in [1.54, 1.807) is 18.2 Å². The summed E-state index contributed by atoms with van der Waals surface area (Å²) in [6.07, 6.45) is -0.0555. The lowest BCUT2D eigenvalue weighted by Gasteiger charge is -2.16. The maximum atomic E-state index is 12.7. The molecular formula is C18H17N3O5S. The van der Waals surface area contributed by atoms with Gasteiger partial charge in [0.1, 0.15) is 6.04 Å². The second-order valence-electron chi connectivity index (χ2n) is 6.14. The summed E-state index contributed by atoms with van der Waals surface area (Å²) in [7, 11) is -3.81. The smallest absolute Gasteiger partial charge is 0.256 e. The summed E-state index contributed by atoms with van der Waals surface area (Å²) in [5, 5.41) is 7.97. The predicted molar refractivity (Wildman–Crippen MR) is 98.8 cm³/mol. The zero-order valence-electron chi connectivity index (χ0n) is 14.4. The van der Waals surface area contributed by atoms with E-state index in [0.29, 0.717) is 16.9 Å². The van der Waals surface area contributed by atoms with Gasteiger partial charge in [-0.1, -0.05) is 12.1 Å². The Morgan fingerprint density at radius 2 is 1.81 bits per heavy atom. The molecule has 1 saturated heterocycles. The highest BCUT2D eigenvalue weighted by atomic mass is 32.2. The van der Waals surface area contributed by atoms with Crippen LogP contribution < -0.4 is 15.4 Å². The van der Waals surface area contributed by atoms with Gasteiger partial charge in [0.25, 0.3) is 5.91 Å². The minimum absolute atomic E-state index is 0.0513. The fourth-order valence-electron chi connectivity index (χ4n) is 2.82. The Morgan fingerprint density at radius 3 is 2.41 bits per heavy atom. The normalized spacial score (nSPS) is 17.3. The molecule has 27 heavy (non-hydrogen) atoms. The second-order valence-corrected chi connectivity index (χ2v) is 7.71. The van der Waals surface area contributed by atoms with Crippen molar-refractivity contribution >= 4 is 39.0 Å². The van der Waals surface area contributed by atoms with Crippen molar-refractivity contribution in [3.05, 3.63) is 54.1 Å². The summed E-state index contributed by atoms with van der Waals surface area (Å²) in [5.74, 6) is -1.00. The predicted octanol–water partition coefficient (Wildman–Crippen LogP) is 1.28. The van der Waals surface area contributed by atoms with Gasteiger partial charge in [0.15, 0.2) is 5.78 Å². The highest BCUT2D eigenvalue weighted by Gasteiger charge is 2.39. The second kappa shape index (κ2) is 6.93. The molecule has 0 saturated carbocycles. The number of rotatable bonds is 5. The monoisotopic (exact) mass is 387 g/mol. The van der Waals surface area contributed by atoms with Crippen molar-refractivity contribution in [2.75, 3.05) is 10.2 Å². The molecule has 2 amide bonds. The first-order valence-electron chi connectivity index (χ1n) is 8.04. The van der Waals surface area contributed by atoms with Crippen LogP contribution in [0.15, 0.2) is 53.4 Å². The van der Waals surface area contributed by atoms with Crippen LogP contribution in [0, 0.1) is 0 Å². The van der Waals surface area contributed by atoms with E-state index in [9.17, 15) is 22.8 Å². The van der Waals surface area contributed by atoms with E-state index in [2.05, 4.69) is 5.32 Å². The molecule has 140 valence electrons. The largest absolute Gasteiger partial charge is 0.373 e. The molecule has 0 aromatic heterocycles. The Bertz CT molecular complexity index is 1030. The van der Waals surface area contributed by atoms with Crippen LogP contribution in [0.5, 0.6) is 0 Å². The number of carbonyl (C=O) groups is 3. The van der Waals surface area contributed by atoms with Gasteiger partial charge in [-0.05, 0) is 43.3 Å². The third-order valence-electron chi connectivity index (χ3n) is 4.18. The SMILES string of the molecule is CC(=O)c1cccc(N2C(=O)CC(Nc3ccc(S(N)(=O)=O)cc3)C2=O)c1. The number of nitrogens with zero attached hydrogens (tertiary/aromatic N) is 1. The van der Waals surface area contributed by atoms with Crippen LogP contribution in [0.25, 0.3) is 0 Å². The van der Waals surface area contributed by atoms with Crippen molar-refractivity contribution in [1.82, 2.24) is 0 Å². The van der Waals surface area contributed by atoms with Gasteiger partial charge in [0.05, 0.1) is 17.0 Å². The molecule has 1 aliphatic rings. The average Bonchev–Trinajstić information content (AvgIpc) is 2.88. The van der Waals surface area contributed by atoms with Gasteiger partial charge >= 0.3 is 0 Å². The Hall–Kier alpha value is -3.04. The number of carbonyl (C=O) groups excluding carboxylic acids is 3. The molecule has 0 bridgehead atoms. The lowest BCUT2D eigenvalue weighted by molar-refractivity contribution is -0.121. The Balaban J connectivity index is 1.80. The molecule has 1 atom stereocenters. The Labute approximate surface area is 156 Å². The lowest BCUT2D eigenvalue weighted by Crippen LogP contribution is -2.34. The molecule has 1 unspecified atom stereocenters. The van der Waals surface area contributed by atoms with E-state index in [-0.39, 0.29) is 23.0 Å². The van der Waals surface area contributed by atoms with Crippen molar-refractivity contribution in [3.63, 3.8) is 0 Å². The molecule has 8 nitrogen and oxygen atoms in total. The zero-order valence-corrected chi connectivity index (χ0v) is 15.2. The van der Waals surface area contributed by atoms with Gasteiger partial charge in [-0.3, -0.25) is 14.4 Å². The highest BCUT2D eigenvalue weighted by molar-refractivity contribution is 7.89. The molecule has 2 aromatic carbocycles. The number of hydrogen-bond acceptors (Lipinski definition) is 6. The van der Waals surface area contributed by atoms with Crippen molar-refractivity contribution < 1.29 is 22.8 Å². The summed E-state index contributed by atoms with van der Waals surface area (Å²) >= 11 is 0. The molecular weight excluding hydrogens is 370 g/mol. The number of nitrogens with one attached hydrogen (secondary N) is 1.